The van der Waals surface area contributed by atoms with E-state index in [1.165, 1.54) is 0 Å². The lowest BCUT2D eigenvalue weighted by Crippen LogP contribution is -2.47. The van der Waals surface area contributed by atoms with Crippen LogP contribution in [0.4, 0.5) is 4.79 Å². The average molecular weight is 374 g/mol. The van der Waals surface area contributed by atoms with Gasteiger partial charge in [0, 0.05) is 13.6 Å². The van der Waals surface area contributed by atoms with Crippen molar-refractivity contribution in [3.63, 3.8) is 0 Å². The second-order valence-corrected chi connectivity index (χ2v) is 8.63. The predicted molar refractivity (Wildman–Crippen MR) is 102 cm³/mol. The molecule has 1 aromatic carbocycles. The van der Waals surface area contributed by atoms with E-state index >= 15 is 0 Å². The van der Waals surface area contributed by atoms with Gasteiger partial charge in [0.05, 0.1) is 5.54 Å². The standard InChI is InChI=1S/C21H30N2O4/c1-20(2,3)27-19(25)23(4)21(10-11-21)16-12-17(22-13-16)18(24)26-14-15-8-6-5-7-9-15/h5-9,16-17,22H,10-14H2,1-4H3. The van der Waals surface area contributed by atoms with Gasteiger partial charge in [-0.25, -0.2) is 4.79 Å². The minimum absolute atomic E-state index is 0.205. The van der Waals surface area contributed by atoms with Crippen LogP contribution >= 0.6 is 0 Å². The molecule has 2 fully saturated rings. The topological polar surface area (TPSA) is 67.9 Å². The van der Waals surface area contributed by atoms with Crippen LogP contribution in [-0.4, -0.2) is 47.7 Å². The van der Waals surface area contributed by atoms with Crippen LogP contribution in [0.3, 0.4) is 0 Å². The third kappa shape index (κ3) is 4.61. The molecule has 2 unspecified atom stereocenters. The number of rotatable bonds is 5. The molecule has 6 nitrogen and oxygen atoms in total. The summed E-state index contributed by atoms with van der Waals surface area (Å²) in [7, 11) is 1.81. The van der Waals surface area contributed by atoms with E-state index in [0.717, 1.165) is 18.4 Å². The van der Waals surface area contributed by atoms with Crippen molar-refractivity contribution in [3.05, 3.63) is 35.9 Å². The maximum absolute atomic E-state index is 12.5. The van der Waals surface area contributed by atoms with E-state index in [1.54, 1.807) is 4.90 Å². The molecule has 2 atom stereocenters. The predicted octanol–water partition coefficient (Wildman–Crippen LogP) is 3.11. The summed E-state index contributed by atoms with van der Waals surface area (Å²) in [6.07, 6.45) is 2.28. The average Bonchev–Trinajstić information content (AvgIpc) is 3.27. The van der Waals surface area contributed by atoms with Crippen molar-refractivity contribution in [3.8, 4) is 0 Å². The number of ether oxygens (including phenoxy) is 2. The molecule has 6 heteroatoms. The summed E-state index contributed by atoms with van der Waals surface area (Å²) in [4.78, 5) is 26.6. The highest BCUT2D eigenvalue weighted by Gasteiger charge is 2.57. The molecule has 0 bridgehead atoms. The third-order valence-electron chi connectivity index (χ3n) is 5.50. The van der Waals surface area contributed by atoms with E-state index < -0.39 is 5.60 Å². The van der Waals surface area contributed by atoms with Crippen LogP contribution in [-0.2, 0) is 20.9 Å². The number of esters is 1. The first-order valence-electron chi connectivity index (χ1n) is 9.62. The fourth-order valence-corrected chi connectivity index (χ4v) is 3.81. The molecule has 0 radical (unpaired) electrons. The van der Waals surface area contributed by atoms with Crippen molar-refractivity contribution >= 4 is 12.1 Å². The van der Waals surface area contributed by atoms with Gasteiger partial charge in [-0.3, -0.25) is 4.79 Å². The van der Waals surface area contributed by atoms with Gasteiger partial charge in [-0.2, -0.15) is 0 Å². The van der Waals surface area contributed by atoms with Gasteiger partial charge in [0.2, 0.25) is 0 Å². The number of benzene rings is 1. The minimum Gasteiger partial charge on any atom is -0.460 e. The molecule has 1 saturated heterocycles. The third-order valence-corrected chi connectivity index (χ3v) is 5.50. The summed E-state index contributed by atoms with van der Waals surface area (Å²) in [6.45, 7) is 6.60. The first kappa shape index (κ1) is 19.7. The fourth-order valence-electron chi connectivity index (χ4n) is 3.81. The van der Waals surface area contributed by atoms with Crippen LogP contribution < -0.4 is 5.32 Å². The molecular formula is C21H30N2O4. The Morgan fingerprint density at radius 2 is 1.89 bits per heavy atom. The van der Waals surface area contributed by atoms with Crippen molar-refractivity contribution in [1.82, 2.24) is 10.2 Å². The molecule has 1 aliphatic carbocycles. The molecule has 0 spiro atoms. The van der Waals surface area contributed by atoms with Gasteiger partial charge in [0.25, 0.3) is 0 Å². The Morgan fingerprint density at radius 1 is 1.22 bits per heavy atom. The summed E-state index contributed by atoms with van der Waals surface area (Å²) >= 11 is 0. The molecule has 148 valence electrons. The van der Waals surface area contributed by atoms with Gasteiger partial charge < -0.3 is 19.7 Å². The maximum Gasteiger partial charge on any atom is 0.410 e. The highest BCUT2D eigenvalue weighted by Crippen LogP contribution is 2.50. The van der Waals surface area contributed by atoms with Crippen LogP contribution in [0.15, 0.2) is 30.3 Å². The quantitative estimate of drug-likeness (QED) is 0.802. The van der Waals surface area contributed by atoms with E-state index in [-0.39, 0.29) is 36.2 Å². The van der Waals surface area contributed by atoms with Crippen LogP contribution in [0.1, 0.15) is 45.6 Å². The Kier molecular flexibility index (Phi) is 5.47. The SMILES string of the molecule is CN(C(=O)OC(C)(C)C)C1(C2CNC(C(=O)OCc3ccccc3)C2)CC1. The maximum atomic E-state index is 12.5. The van der Waals surface area contributed by atoms with E-state index in [2.05, 4.69) is 5.32 Å². The van der Waals surface area contributed by atoms with E-state index in [4.69, 9.17) is 9.47 Å². The summed E-state index contributed by atoms with van der Waals surface area (Å²) in [6, 6.07) is 9.35. The molecule has 1 amide bonds. The Bertz CT molecular complexity index is 679. The Labute approximate surface area is 161 Å². The molecule has 1 heterocycles. The smallest absolute Gasteiger partial charge is 0.410 e. The number of carbonyl (C=O) groups is 2. The molecule has 1 saturated carbocycles. The zero-order valence-electron chi connectivity index (χ0n) is 16.7. The molecule has 1 aromatic rings. The molecular weight excluding hydrogens is 344 g/mol. The lowest BCUT2D eigenvalue weighted by atomic mass is 9.93. The van der Waals surface area contributed by atoms with Gasteiger partial charge in [0.1, 0.15) is 18.2 Å². The van der Waals surface area contributed by atoms with Gasteiger partial charge >= 0.3 is 12.1 Å². The van der Waals surface area contributed by atoms with Crippen molar-refractivity contribution in [2.75, 3.05) is 13.6 Å². The van der Waals surface area contributed by atoms with Gasteiger partial charge in [-0.1, -0.05) is 30.3 Å². The normalized spacial score (nSPS) is 23.6. The lowest BCUT2D eigenvalue weighted by molar-refractivity contribution is -0.147. The monoisotopic (exact) mass is 374 g/mol. The number of nitrogens with zero attached hydrogens (tertiary/aromatic N) is 1. The first-order chi connectivity index (χ1) is 12.7. The largest absolute Gasteiger partial charge is 0.460 e. The van der Waals surface area contributed by atoms with Gasteiger partial charge in [-0.05, 0) is 51.5 Å². The molecule has 3 rings (SSSR count). The van der Waals surface area contributed by atoms with Crippen LogP contribution in [0.5, 0.6) is 0 Å². The molecule has 27 heavy (non-hydrogen) atoms. The molecule has 1 N–H and O–H groups in total. The first-order valence-corrected chi connectivity index (χ1v) is 9.62. The number of hydrogen-bond donors (Lipinski definition) is 1. The second-order valence-electron chi connectivity index (χ2n) is 8.63. The summed E-state index contributed by atoms with van der Waals surface area (Å²) in [5.41, 5.74) is 0.256. The van der Waals surface area contributed by atoms with E-state index in [1.807, 2.05) is 58.2 Å². The molecule has 0 aromatic heterocycles. The lowest BCUT2D eigenvalue weighted by Gasteiger charge is -2.34. The van der Waals surface area contributed by atoms with Gasteiger partial charge in [0.15, 0.2) is 0 Å². The second kappa shape index (κ2) is 7.50. The Balaban J connectivity index is 1.54. The van der Waals surface area contributed by atoms with Crippen molar-refractivity contribution in [2.45, 2.75) is 63.8 Å². The Morgan fingerprint density at radius 3 is 2.48 bits per heavy atom. The van der Waals surface area contributed by atoms with Crippen LogP contribution in [0, 0.1) is 5.92 Å². The number of hydrogen-bond acceptors (Lipinski definition) is 5. The van der Waals surface area contributed by atoms with Crippen molar-refractivity contribution < 1.29 is 19.1 Å². The zero-order valence-corrected chi connectivity index (χ0v) is 16.7. The summed E-state index contributed by atoms with van der Waals surface area (Å²) in [5.74, 6) is 0.00127. The number of nitrogens with one attached hydrogen (secondary N) is 1. The summed E-state index contributed by atoms with van der Waals surface area (Å²) < 4.78 is 11.0. The molecule has 2 aliphatic rings. The number of amides is 1. The highest BCUT2D eigenvalue weighted by atomic mass is 16.6. The molecule has 1 aliphatic heterocycles. The van der Waals surface area contributed by atoms with E-state index in [9.17, 15) is 9.59 Å². The van der Waals surface area contributed by atoms with Crippen LogP contribution in [0.2, 0.25) is 0 Å². The Hall–Kier alpha value is -2.08. The van der Waals surface area contributed by atoms with E-state index in [0.29, 0.717) is 13.0 Å². The fraction of sp³-hybridized carbons (Fsp3) is 0.619. The summed E-state index contributed by atoms with van der Waals surface area (Å²) in [5, 5.41) is 3.28. The number of carbonyl (C=O) groups excluding carboxylic acids is 2. The highest BCUT2D eigenvalue weighted by molar-refractivity contribution is 5.76. The van der Waals surface area contributed by atoms with Crippen molar-refractivity contribution in [2.24, 2.45) is 5.92 Å². The van der Waals surface area contributed by atoms with Crippen molar-refractivity contribution in [1.29, 1.82) is 0 Å². The zero-order chi connectivity index (χ0) is 19.7. The minimum atomic E-state index is -0.515. The van der Waals surface area contributed by atoms with Crippen LogP contribution in [0.25, 0.3) is 0 Å². The van der Waals surface area contributed by atoms with Gasteiger partial charge in [-0.15, -0.1) is 0 Å².